The first-order valence-corrected chi connectivity index (χ1v) is 12.2. The number of ether oxygens (including phenoxy) is 4. The van der Waals surface area contributed by atoms with E-state index in [0.717, 1.165) is 22.9 Å². The van der Waals surface area contributed by atoms with Gasteiger partial charge in [0.25, 0.3) is 11.1 Å². The Morgan fingerprint density at radius 3 is 2.33 bits per heavy atom. The SMILES string of the molecule is COc1ccccc1OCCN1C(=O)S/C(=C\c2ccc(OCc3cccc(C)c3)c(OC)c2)C1=O. The van der Waals surface area contributed by atoms with Crippen LogP contribution in [0, 0.1) is 6.92 Å². The van der Waals surface area contributed by atoms with Gasteiger partial charge in [-0.2, -0.15) is 0 Å². The fourth-order valence-electron chi connectivity index (χ4n) is 3.69. The van der Waals surface area contributed by atoms with Crippen molar-refractivity contribution >= 4 is 29.0 Å². The Morgan fingerprint density at radius 2 is 1.58 bits per heavy atom. The highest BCUT2D eigenvalue weighted by atomic mass is 32.2. The summed E-state index contributed by atoms with van der Waals surface area (Å²) in [5.74, 6) is 1.93. The predicted octanol–water partition coefficient (Wildman–Crippen LogP) is 5.71. The molecular formula is C28H27NO6S. The number of thioether (sulfide) groups is 1. The van der Waals surface area contributed by atoms with E-state index in [9.17, 15) is 9.59 Å². The van der Waals surface area contributed by atoms with Gasteiger partial charge in [-0.1, -0.05) is 48.0 Å². The monoisotopic (exact) mass is 505 g/mol. The predicted molar refractivity (Wildman–Crippen MR) is 140 cm³/mol. The van der Waals surface area contributed by atoms with E-state index in [1.54, 1.807) is 44.6 Å². The zero-order valence-corrected chi connectivity index (χ0v) is 21.2. The van der Waals surface area contributed by atoms with Crippen LogP contribution >= 0.6 is 11.8 Å². The lowest BCUT2D eigenvalue weighted by Crippen LogP contribution is -2.32. The maximum absolute atomic E-state index is 12.9. The number of nitrogens with zero attached hydrogens (tertiary/aromatic N) is 1. The standard InChI is InChI=1S/C28H27NO6S/c1-19-7-6-8-21(15-19)18-35-24-12-11-20(16-25(24)33-3)17-26-27(30)29(28(31)36-26)13-14-34-23-10-5-4-9-22(23)32-2/h4-12,15-17H,13-14,18H2,1-3H3/b26-17-. The number of methoxy groups -OCH3 is 2. The van der Waals surface area contributed by atoms with Gasteiger partial charge in [0.15, 0.2) is 23.0 Å². The third-order valence-corrected chi connectivity index (χ3v) is 6.38. The van der Waals surface area contributed by atoms with E-state index < -0.39 is 0 Å². The molecule has 0 atom stereocenters. The summed E-state index contributed by atoms with van der Waals surface area (Å²) >= 11 is 0.903. The summed E-state index contributed by atoms with van der Waals surface area (Å²) in [6.07, 6.45) is 1.68. The zero-order chi connectivity index (χ0) is 25.5. The fraction of sp³-hybridized carbons (Fsp3) is 0.214. The van der Waals surface area contributed by atoms with E-state index in [1.807, 2.05) is 43.3 Å². The first-order valence-electron chi connectivity index (χ1n) is 11.4. The molecule has 3 aromatic rings. The van der Waals surface area contributed by atoms with Gasteiger partial charge in [0, 0.05) is 0 Å². The molecule has 1 saturated heterocycles. The number of para-hydroxylation sites is 2. The van der Waals surface area contributed by atoms with Crippen molar-refractivity contribution in [3.63, 3.8) is 0 Å². The van der Waals surface area contributed by atoms with Crippen LogP contribution in [0.1, 0.15) is 16.7 Å². The van der Waals surface area contributed by atoms with E-state index in [2.05, 4.69) is 6.07 Å². The van der Waals surface area contributed by atoms with Crippen LogP contribution in [-0.4, -0.2) is 43.4 Å². The van der Waals surface area contributed by atoms with Crippen LogP contribution < -0.4 is 18.9 Å². The van der Waals surface area contributed by atoms with Crippen LogP contribution in [0.5, 0.6) is 23.0 Å². The topological polar surface area (TPSA) is 74.3 Å². The fourth-order valence-corrected chi connectivity index (χ4v) is 4.55. The Labute approximate surface area is 214 Å². The van der Waals surface area contributed by atoms with Gasteiger partial charge >= 0.3 is 0 Å². The van der Waals surface area contributed by atoms with Crippen molar-refractivity contribution < 1.29 is 28.5 Å². The molecule has 36 heavy (non-hydrogen) atoms. The minimum atomic E-state index is -0.354. The Morgan fingerprint density at radius 1 is 0.833 bits per heavy atom. The maximum Gasteiger partial charge on any atom is 0.293 e. The molecule has 7 nitrogen and oxygen atoms in total. The Kier molecular flexibility index (Phi) is 8.17. The highest BCUT2D eigenvalue weighted by Gasteiger charge is 2.34. The molecule has 0 radical (unpaired) electrons. The first kappa shape index (κ1) is 25.2. The number of hydrogen-bond donors (Lipinski definition) is 0. The van der Waals surface area contributed by atoms with Gasteiger partial charge in [-0.05, 0) is 60.2 Å². The van der Waals surface area contributed by atoms with Crippen molar-refractivity contribution in [2.45, 2.75) is 13.5 Å². The van der Waals surface area contributed by atoms with E-state index in [4.69, 9.17) is 18.9 Å². The minimum absolute atomic E-state index is 0.134. The molecule has 0 N–H and O–H groups in total. The van der Waals surface area contributed by atoms with Crippen molar-refractivity contribution in [1.82, 2.24) is 4.90 Å². The van der Waals surface area contributed by atoms with Crippen molar-refractivity contribution in [1.29, 1.82) is 0 Å². The molecule has 3 aromatic carbocycles. The van der Waals surface area contributed by atoms with Crippen molar-refractivity contribution in [2.75, 3.05) is 27.4 Å². The first-order chi connectivity index (χ1) is 17.5. The number of rotatable bonds is 10. The van der Waals surface area contributed by atoms with Gasteiger partial charge in [-0.15, -0.1) is 0 Å². The Hall–Kier alpha value is -3.91. The highest BCUT2D eigenvalue weighted by molar-refractivity contribution is 8.18. The van der Waals surface area contributed by atoms with Gasteiger partial charge in [0.2, 0.25) is 0 Å². The van der Waals surface area contributed by atoms with Crippen LogP contribution in [0.25, 0.3) is 6.08 Å². The minimum Gasteiger partial charge on any atom is -0.493 e. The van der Waals surface area contributed by atoms with Crippen LogP contribution in [0.15, 0.2) is 71.6 Å². The number of hydrogen-bond acceptors (Lipinski definition) is 7. The van der Waals surface area contributed by atoms with E-state index in [0.29, 0.717) is 34.5 Å². The summed E-state index contributed by atoms with van der Waals surface area (Å²) in [5.41, 5.74) is 2.95. The quantitative estimate of drug-likeness (QED) is 0.327. The molecule has 0 bridgehead atoms. The van der Waals surface area contributed by atoms with E-state index in [-0.39, 0.29) is 24.3 Å². The molecular weight excluding hydrogens is 478 g/mol. The van der Waals surface area contributed by atoms with Crippen LogP contribution in [0.3, 0.4) is 0 Å². The van der Waals surface area contributed by atoms with Crippen LogP contribution in [0.4, 0.5) is 4.79 Å². The van der Waals surface area contributed by atoms with Gasteiger partial charge in [0.05, 0.1) is 25.7 Å². The molecule has 0 unspecified atom stereocenters. The average Bonchev–Trinajstić information content (AvgIpc) is 3.15. The number of aryl methyl sites for hydroxylation is 1. The summed E-state index contributed by atoms with van der Waals surface area (Å²) in [6, 6.07) is 20.7. The summed E-state index contributed by atoms with van der Waals surface area (Å²) in [7, 11) is 3.12. The molecule has 0 spiro atoms. The summed E-state index contributed by atoms with van der Waals surface area (Å²) in [4.78, 5) is 26.9. The second-order valence-electron chi connectivity index (χ2n) is 8.02. The van der Waals surface area contributed by atoms with Gasteiger partial charge in [-0.3, -0.25) is 14.5 Å². The molecule has 4 rings (SSSR count). The summed E-state index contributed by atoms with van der Waals surface area (Å²) in [5, 5.41) is -0.333. The van der Waals surface area contributed by atoms with Crippen molar-refractivity contribution in [2.24, 2.45) is 0 Å². The number of benzene rings is 3. The molecule has 0 saturated carbocycles. The lowest BCUT2D eigenvalue weighted by Gasteiger charge is -2.14. The molecule has 1 heterocycles. The van der Waals surface area contributed by atoms with E-state index in [1.165, 1.54) is 10.5 Å². The molecule has 8 heteroatoms. The van der Waals surface area contributed by atoms with Gasteiger partial charge in [-0.25, -0.2) is 0 Å². The molecule has 1 fully saturated rings. The lowest BCUT2D eigenvalue weighted by atomic mass is 10.1. The third kappa shape index (κ3) is 6.01. The number of imide groups is 1. The van der Waals surface area contributed by atoms with Gasteiger partial charge < -0.3 is 18.9 Å². The second-order valence-corrected chi connectivity index (χ2v) is 9.01. The number of carbonyl (C=O) groups excluding carboxylic acids is 2. The molecule has 2 amide bonds. The van der Waals surface area contributed by atoms with Crippen molar-refractivity contribution in [3.05, 3.63) is 88.3 Å². The second kappa shape index (κ2) is 11.7. The smallest absolute Gasteiger partial charge is 0.293 e. The largest absolute Gasteiger partial charge is 0.493 e. The lowest BCUT2D eigenvalue weighted by molar-refractivity contribution is -0.123. The number of carbonyl (C=O) groups is 2. The maximum atomic E-state index is 12.9. The molecule has 1 aliphatic rings. The summed E-state index contributed by atoms with van der Waals surface area (Å²) < 4.78 is 22.4. The Balaban J connectivity index is 1.40. The summed E-state index contributed by atoms with van der Waals surface area (Å²) in [6.45, 7) is 2.74. The van der Waals surface area contributed by atoms with E-state index >= 15 is 0 Å². The Bertz CT molecular complexity index is 1290. The van der Waals surface area contributed by atoms with Crippen LogP contribution in [-0.2, 0) is 11.4 Å². The molecule has 1 aliphatic heterocycles. The third-order valence-electron chi connectivity index (χ3n) is 5.48. The molecule has 0 aliphatic carbocycles. The average molecular weight is 506 g/mol. The van der Waals surface area contributed by atoms with Crippen LogP contribution in [0.2, 0.25) is 0 Å². The number of amides is 2. The highest BCUT2D eigenvalue weighted by Crippen LogP contribution is 2.35. The molecule has 186 valence electrons. The molecule has 0 aromatic heterocycles. The normalized spacial score (nSPS) is 14.3. The van der Waals surface area contributed by atoms with Gasteiger partial charge in [0.1, 0.15) is 13.2 Å². The van der Waals surface area contributed by atoms with Crippen molar-refractivity contribution in [3.8, 4) is 23.0 Å². The zero-order valence-electron chi connectivity index (χ0n) is 20.4.